The number of benzene rings is 2. The Labute approximate surface area is 146 Å². The van der Waals surface area contributed by atoms with Crippen LogP contribution in [-0.4, -0.2) is 32.6 Å². The highest BCUT2D eigenvalue weighted by atomic mass is 16.5. The van der Waals surface area contributed by atoms with Crippen LogP contribution < -0.4 is 14.8 Å². The van der Waals surface area contributed by atoms with Crippen LogP contribution in [0.15, 0.2) is 48.5 Å². The second kappa shape index (κ2) is 9.32. The van der Waals surface area contributed by atoms with Crippen LogP contribution in [0.2, 0.25) is 0 Å². The van der Waals surface area contributed by atoms with Crippen LogP contribution in [0.1, 0.15) is 11.1 Å². The molecule has 6 heteroatoms. The van der Waals surface area contributed by atoms with Gasteiger partial charge in [0.1, 0.15) is 13.2 Å². The molecule has 0 spiro atoms. The summed E-state index contributed by atoms with van der Waals surface area (Å²) in [5, 5.41) is 2.55. The molecule has 0 fully saturated rings. The Morgan fingerprint density at radius 3 is 2.32 bits per heavy atom. The minimum absolute atomic E-state index is 0.131. The summed E-state index contributed by atoms with van der Waals surface area (Å²) in [6, 6.07) is 14.6. The number of rotatable bonds is 8. The van der Waals surface area contributed by atoms with Gasteiger partial charge < -0.3 is 19.5 Å². The molecule has 2 rings (SSSR count). The highest BCUT2D eigenvalue weighted by molar-refractivity contribution is 5.83. The van der Waals surface area contributed by atoms with Gasteiger partial charge in [0.2, 0.25) is 5.91 Å². The first-order valence-electron chi connectivity index (χ1n) is 7.79. The number of esters is 1. The average molecular weight is 343 g/mol. The van der Waals surface area contributed by atoms with Crippen molar-refractivity contribution in [3.63, 3.8) is 0 Å². The van der Waals surface area contributed by atoms with Crippen molar-refractivity contribution in [2.75, 3.05) is 20.8 Å². The summed E-state index contributed by atoms with van der Waals surface area (Å²) in [6.07, 6.45) is 0.131. The van der Waals surface area contributed by atoms with Gasteiger partial charge in [-0.3, -0.25) is 9.59 Å². The van der Waals surface area contributed by atoms with E-state index in [-0.39, 0.29) is 25.5 Å². The van der Waals surface area contributed by atoms with Crippen molar-refractivity contribution in [2.45, 2.75) is 13.0 Å². The standard InChI is InChI=1S/C19H21NO5/c1-23-16-9-8-15(10-17(16)24-2)11-18(21)20-12-19(22)25-13-14-6-4-3-5-7-14/h3-10H,11-13H2,1-2H3,(H,20,21). The lowest BCUT2D eigenvalue weighted by molar-refractivity contribution is -0.145. The van der Waals surface area contributed by atoms with Crippen molar-refractivity contribution in [3.05, 3.63) is 59.7 Å². The van der Waals surface area contributed by atoms with Crippen LogP contribution in [0.5, 0.6) is 11.5 Å². The van der Waals surface area contributed by atoms with Gasteiger partial charge in [0.05, 0.1) is 20.6 Å². The highest BCUT2D eigenvalue weighted by Gasteiger charge is 2.10. The molecule has 2 aromatic carbocycles. The number of hydrogen-bond acceptors (Lipinski definition) is 5. The molecule has 2 aromatic rings. The molecule has 0 bridgehead atoms. The van der Waals surface area contributed by atoms with Gasteiger partial charge in [-0.2, -0.15) is 0 Å². The minimum Gasteiger partial charge on any atom is -0.493 e. The molecule has 0 atom stereocenters. The van der Waals surface area contributed by atoms with Crippen molar-refractivity contribution >= 4 is 11.9 Å². The predicted octanol–water partition coefficient (Wildman–Crippen LogP) is 2.11. The Hall–Kier alpha value is -3.02. The van der Waals surface area contributed by atoms with Gasteiger partial charge in [0.25, 0.3) is 0 Å². The predicted molar refractivity (Wildman–Crippen MR) is 92.5 cm³/mol. The van der Waals surface area contributed by atoms with Crippen LogP contribution in [0.3, 0.4) is 0 Å². The normalized spacial score (nSPS) is 10.0. The van der Waals surface area contributed by atoms with Crippen LogP contribution in [0.25, 0.3) is 0 Å². The van der Waals surface area contributed by atoms with E-state index in [1.165, 1.54) is 7.11 Å². The van der Waals surface area contributed by atoms with Gasteiger partial charge >= 0.3 is 5.97 Å². The molecule has 0 saturated heterocycles. The maximum absolute atomic E-state index is 12.0. The van der Waals surface area contributed by atoms with Gasteiger partial charge in [-0.15, -0.1) is 0 Å². The molecule has 132 valence electrons. The molecule has 25 heavy (non-hydrogen) atoms. The maximum Gasteiger partial charge on any atom is 0.325 e. The van der Waals surface area contributed by atoms with E-state index in [1.54, 1.807) is 25.3 Å². The Kier molecular flexibility index (Phi) is 6.83. The summed E-state index contributed by atoms with van der Waals surface area (Å²) in [6.45, 7) is 0.0180. The van der Waals surface area contributed by atoms with Crippen molar-refractivity contribution in [2.24, 2.45) is 0 Å². The molecular weight excluding hydrogens is 322 g/mol. The Balaban J connectivity index is 1.77. The topological polar surface area (TPSA) is 73.9 Å². The van der Waals surface area contributed by atoms with Crippen LogP contribution in [0, 0.1) is 0 Å². The monoisotopic (exact) mass is 343 g/mol. The maximum atomic E-state index is 12.0. The zero-order valence-corrected chi connectivity index (χ0v) is 14.3. The molecule has 0 aromatic heterocycles. The number of carbonyl (C=O) groups is 2. The van der Waals surface area contributed by atoms with E-state index in [1.807, 2.05) is 30.3 Å². The fourth-order valence-electron chi connectivity index (χ4n) is 2.20. The van der Waals surface area contributed by atoms with Gasteiger partial charge in [-0.1, -0.05) is 36.4 Å². The van der Waals surface area contributed by atoms with E-state index in [0.29, 0.717) is 11.5 Å². The van der Waals surface area contributed by atoms with E-state index in [2.05, 4.69) is 5.32 Å². The first-order chi connectivity index (χ1) is 12.1. The molecule has 0 heterocycles. The van der Waals surface area contributed by atoms with Crippen molar-refractivity contribution < 1.29 is 23.8 Å². The van der Waals surface area contributed by atoms with Gasteiger partial charge in [0, 0.05) is 0 Å². The van der Waals surface area contributed by atoms with Crippen molar-refractivity contribution in [1.82, 2.24) is 5.32 Å². The summed E-state index contributed by atoms with van der Waals surface area (Å²) in [7, 11) is 3.08. The molecular formula is C19H21NO5. The van der Waals surface area contributed by atoms with E-state index in [0.717, 1.165) is 11.1 Å². The van der Waals surface area contributed by atoms with Gasteiger partial charge in [0.15, 0.2) is 11.5 Å². The third-order valence-corrected chi connectivity index (χ3v) is 3.49. The molecule has 0 aliphatic carbocycles. The number of hydrogen-bond donors (Lipinski definition) is 1. The molecule has 0 aliphatic heterocycles. The van der Waals surface area contributed by atoms with Crippen molar-refractivity contribution in [3.8, 4) is 11.5 Å². The van der Waals surface area contributed by atoms with Crippen molar-refractivity contribution in [1.29, 1.82) is 0 Å². The van der Waals surface area contributed by atoms with E-state index < -0.39 is 5.97 Å². The Bertz CT molecular complexity index is 715. The summed E-state index contributed by atoms with van der Waals surface area (Å²) in [4.78, 5) is 23.6. The zero-order chi connectivity index (χ0) is 18.1. The summed E-state index contributed by atoms with van der Waals surface area (Å²) < 4.78 is 15.5. The SMILES string of the molecule is COc1ccc(CC(=O)NCC(=O)OCc2ccccc2)cc1OC. The van der Waals surface area contributed by atoms with Gasteiger partial charge in [-0.05, 0) is 23.3 Å². The number of amides is 1. The van der Waals surface area contributed by atoms with Gasteiger partial charge in [-0.25, -0.2) is 0 Å². The summed E-state index contributed by atoms with van der Waals surface area (Å²) in [5.41, 5.74) is 1.65. The minimum atomic E-state index is -0.482. The Morgan fingerprint density at radius 2 is 1.64 bits per heavy atom. The molecule has 1 N–H and O–H groups in total. The number of ether oxygens (including phenoxy) is 3. The Morgan fingerprint density at radius 1 is 0.920 bits per heavy atom. The number of carbonyl (C=O) groups excluding carboxylic acids is 2. The quantitative estimate of drug-likeness (QED) is 0.743. The fourth-order valence-corrected chi connectivity index (χ4v) is 2.20. The summed E-state index contributed by atoms with van der Waals surface area (Å²) >= 11 is 0. The molecule has 0 unspecified atom stereocenters. The summed E-state index contributed by atoms with van der Waals surface area (Å²) in [5.74, 6) is 0.389. The smallest absolute Gasteiger partial charge is 0.325 e. The van der Waals surface area contributed by atoms with E-state index in [9.17, 15) is 9.59 Å². The van der Waals surface area contributed by atoms with Crippen LogP contribution in [0.4, 0.5) is 0 Å². The second-order valence-corrected chi connectivity index (χ2v) is 5.29. The second-order valence-electron chi connectivity index (χ2n) is 5.29. The van der Waals surface area contributed by atoms with Crippen LogP contribution >= 0.6 is 0 Å². The van der Waals surface area contributed by atoms with Crippen LogP contribution in [-0.2, 0) is 27.4 Å². The highest BCUT2D eigenvalue weighted by Crippen LogP contribution is 2.27. The molecule has 6 nitrogen and oxygen atoms in total. The third-order valence-electron chi connectivity index (χ3n) is 3.49. The van der Waals surface area contributed by atoms with E-state index >= 15 is 0 Å². The fraction of sp³-hybridized carbons (Fsp3) is 0.263. The first-order valence-corrected chi connectivity index (χ1v) is 7.79. The lowest BCUT2D eigenvalue weighted by Gasteiger charge is -2.10. The molecule has 0 radical (unpaired) electrons. The number of methoxy groups -OCH3 is 2. The molecule has 0 saturated carbocycles. The van der Waals surface area contributed by atoms with E-state index in [4.69, 9.17) is 14.2 Å². The first kappa shape index (κ1) is 18.3. The lowest BCUT2D eigenvalue weighted by Crippen LogP contribution is -2.31. The zero-order valence-electron chi connectivity index (χ0n) is 14.3. The molecule has 1 amide bonds. The number of nitrogens with one attached hydrogen (secondary N) is 1. The average Bonchev–Trinajstić information content (AvgIpc) is 2.65. The molecule has 0 aliphatic rings. The largest absolute Gasteiger partial charge is 0.493 e. The lowest BCUT2D eigenvalue weighted by atomic mass is 10.1. The third kappa shape index (κ3) is 5.84.